The first-order valence-corrected chi connectivity index (χ1v) is 5.93. The Hall–Kier alpha value is -0.940. The smallest absolute Gasteiger partial charge is 0.100 e. The summed E-state index contributed by atoms with van der Waals surface area (Å²) < 4.78 is 5.62. The molecule has 4 N–H and O–H groups in total. The monoisotopic (exact) mass is 239 g/mol. The Morgan fingerprint density at radius 1 is 1.24 bits per heavy atom. The van der Waals surface area contributed by atoms with E-state index in [0.717, 1.165) is 18.4 Å². The number of ether oxygens (including phenoxy) is 1. The SMILES string of the molecule is NCCCC(OCC(O)CO)c1ccccc1. The Balaban J connectivity index is 2.54. The largest absolute Gasteiger partial charge is 0.394 e. The predicted molar refractivity (Wildman–Crippen MR) is 66.5 cm³/mol. The van der Waals surface area contributed by atoms with E-state index in [2.05, 4.69) is 0 Å². The van der Waals surface area contributed by atoms with Crippen LogP contribution in [0.4, 0.5) is 0 Å². The lowest BCUT2D eigenvalue weighted by molar-refractivity contribution is -0.0327. The molecule has 0 saturated carbocycles. The Labute approximate surface area is 102 Å². The van der Waals surface area contributed by atoms with Gasteiger partial charge in [0.2, 0.25) is 0 Å². The van der Waals surface area contributed by atoms with Gasteiger partial charge in [-0.15, -0.1) is 0 Å². The highest BCUT2D eigenvalue weighted by Crippen LogP contribution is 2.22. The van der Waals surface area contributed by atoms with E-state index >= 15 is 0 Å². The van der Waals surface area contributed by atoms with Gasteiger partial charge in [-0.1, -0.05) is 30.3 Å². The third kappa shape index (κ3) is 5.28. The van der Waals surface area contributed by atoms with Crippen molar-refractivity contribution in [1.29, 1.82) is 0 Å². The summed E-state index contributed by atoms with van der Waals surface area (Å²) in [7, 11) is 0. The van der Waals surface area contributed by atoms with E-state index < -0.39 is 6.10 Å². The maximum atomic E-state index is 9.28. The number of nitrogens with two attached hydrogens (primary N) is 1. The standard InChI is InChI=1S/C13H21NO3/c14-8-4-7-13(17-10-12(16)9-15)11-5-2-1-3-6-11/h1-3,5-6,12-13,15-16H,4,7-10,14H2. The normalized spacial score (nSPS) is 14.5. The first-order valence-electron chi connectivity index (χ1n) is 5.93. The molecule has 96 valence electrons. The maximum Gasteiger partial charge on any atom is 0.100 e. The van der Waals surface area contributed by atoms with E-state index in [1.54, 1.807) is 0 Å². The highest BCUT2D eigenvalue weighted by atomic mass is 16.5. The third-order valence-corrected chi connectivity index (χ3v) is 2.54. The van der Waals surface area contributed by atoms with E-state index in [-0.39, 0.29) is 19.3 Å². The summed E-state index contributed by atoms with van der Waals surface area (Å²) in [5.41, 5.74) is 6.57. The van der Waals surface area contributed by atoms with Gasteiger partial charge in [-0.3, -0.25) is 0 Å². The molecule has 1 rings (SSSR count). The van der Waals surface area contributed by atoms with Crippen molar-refractivity contribution >= 4 is 0 Å². The molecule has 0 aliphatic carbocycles. The molecule has 17 heavy (non-hydrogen) atoms. The molecule has 1 aromatic rings. The highest BCUT2D eigenvalue weighted by Gasteiger charge is 2.13. The molecular formula is C13H21NO3. The van der Waals surface area contributed by atoms with E-state index in [9.17, 15) is 5.11 Å². The number of hydrogen-bond acceptors (Lipinski definition) is 4. The van der Waals surface area contributed by atoms with Gasteiger partial charge in [-0.05, 0) is 24.9 Å². The number of hydrogen-bond donors (Lipinski definition) is 3. The average Bonchev–Trinajstić information content (AvgIpc) is 2.39. The summed E-state index contributed by atoms with van der Waals surface area (Å²) in [6.07, 6.45) is 0.799. The van der Waals surface area contributed by atoms with Gasteiger partial charge < -0.3 is 20.7 Å². The van der Waals surface area contributed by atoms with Crippen LogP contribution in [0.5, 0.6) is 0 Å². The van der Waals surface area contributed by atoms with Gasteiger partial charge in [0.1, 0.15) is 6.10 Å². The van der Waals surface area contributed by atoms with Gasteiger partial charge in [0.25, 0.3) is 0 Å². The fourth-order valence-electron chi connectivity index (χ4n) is 1.60. The molecule has 4 nitrogen and oxygen atoms in total. The van der Waals surface area contributed by atoms with Crippen molar-refractivity contribution < 1.29 is 14.9 Å². The van der Waals surface area contributed by atoms with Crippen LogP contribution in [0.3, 0.4) is 0 Å². The van der Waals surface area contributed by atoms with Crippen molar-refractivity contribution in [2.24, 2.45) is 5.73 Å². The Kier molecular flexibility index (Phi) is 6.81. The summed E-state index contributed by atoms with van der Waals surface area (Å²) in [5.74, 6) is 0. The van der Waals surface area contributed by atoms with Crippen LogP contribution in [0, 0.1) is 0 Å². The van der Waals surface area contributed by atoms with Crippen molar-refractivity contribution in [1.82, 2.24) is 0 Å². The van der Waals surface area contributed by atoms with Crippen molar-refractivity contribution in [2.45, 2.75) is 25.0 Å². The van der Waals surface area contributed by atoms with E-state index in [1.165, 1.54) is 0 Å². The second kappa shape index (κ2) is 8.20. The van der Waals surface area contributed by atoms with Crippen LogP contribution in [-0.2, 0) is 4.74 Å². The molecule has 0 bridgehead atoms. The van der Waals surface area contributed by atoms with Gasteiger partial charge in [0.05, 0.1) is 19.3 Å². The van der Waals surface area contributed by atoms with Crippen LogP contribution in [-0.4, -0.2) is 36.1 Å². The van der Waals surface area contributed by atoms with E-state index in [1.807, 2.05) is 30.3 Å². The highest BCUT2D eigenvalue weighted by molar-refractivity contribution is 5.17. The van der Waals surface area contributed by atoms with E-state index in [4.69, 9.17) is 15.6 Å². The zero-order valence-electron chi connectivity index (χ0n) is 9.96. The van der Waals surface area contributed by atoms with Crippen molar-refractivity contribution in [3.63, 3.8) is 0 Å². The van der Waals surface area contributed by atoms with Crippen LogP contribution in [0.1, 0.15) is 24.5 Å². The molecule has 0 fully saturated rings. The third-order valence-electron chi connectivity index (χ3n) is 2.54. The van der Waals surface area contributed by atoms with Crippen LogP contribution >= 0.6 is 0 Å². The Bertz CT molecular complexity index is 292. The first kappa shape index (κ1) is 14.1. The summed E-state index contributed by atoms with van der Waals surface area (Å²) in [6, 6.07) is 9.85. The quantitative estimate of drug-likeness (QED) is 0.628. The van der Waals surface area contributed by atoms with Crippen LogP contribution in [0.15, 0.2) is 30.3 Å². The lowest BCUT2D eigenvalue weighted by Gasteiger charge is -2.19. The van der Waals surface area contributed by atoms with Gasteiger partial charge in [0, 0.05) is 0 Å². The van der Waals surface area contributed by atoms with Crippen LogP contribution in [0.2, 0.25) is 0 Å². The molecule has 2 unspecified atom stereocenters. The van der Waals surface area contributed by atoms with Gasteiger partial charge in [-0.25, -0.2) is 0 Å². The summed E-state index contributed by atoms with van der Waals surface area (Å²) >= 11 is 0. The number of rotatable bonds is 8. The molecule has 2 atom stereocenters. The fraction of sp³-hybridized carbons (Fsp3) is 0.538. The number of aliphatic hydroxyl groups excluding tert-OH is 2. The Morgan fingerprint density at radius 2 is 1.94 bits per heavy atom. The van der Waals surface area contributed by atoms with Gasteiger partial charge >= 0.3 is 0 Å². The molecule has 0 radical (unpaired) electrons. The molecule has 4 heteroatoms. The predicted octanol–water partition coefficient (Wildman–Crippen LogP) is 0.836. The number of benzene rings is 1. The summed E-state index contributed by atoms with van der Waals surface area (Å²) in [4.78, 5) is 0. The van der Waals surface area contributed by atoms with E-state index in [0.29, 0.717) is 6.54 Å². The molecule has 0 spiro atoms. The zero-order valence-corrected chi connectivity index (χ0v) is 9.96. The minimum absolute atomic E-state index is 0.0686. The Morgan fingerprint density at radius 3 is 2.53 bits per heavy atom. The summed E-state index contributed by atoms with van der Waals surface area (Å²) in [6.45, 7) is 0.480. The lowest BCUT2D eigenvalue weighted by atomic mass is 10.0. The van der Waals surface area contributed by atoms with Crippen molar-refractivity contribution in [2.75, 3.05) is 19.8 Å². The molecule has 0 aliphatic rings. The fourth-order valence-corrected chi connectivity index (χ4v) is 1.60. The topological polar surface area (TPSA) is 75.7 Å². The molecule has 0 heterocycles. The molecular weight excluding hydrogens is 218 g/mol. The van der Waals surface area contributed by atoms with Crippen LogP contribution in [0.25, 0.3) is 0 Å². The molecule has 0 aliphatic heterocycles. The van der Waals surface area contributed by atoms with Crippen LogP contribution < -0.4 is 5.73 Å². The van der Waals surface area contributed by atoms with Crippen molar-refractivity contribution in [3.05, 3.63) is 35.9 Å². The minimum Gasteiger partial charge on any atom is -0.394 e. The maximum absolute atomic E-state index is 9.28. The molecule has 1 aromatic carbocycles. The number of aliphatic hydroxyl groups is 2. The van der Waals surface area contributed by atoms with Gasteiger partial charge in [-0.2, -0.15) is 0 Å². The molecule has 0 aromatic heterocycles. The first-order chi connectivity index (χ1) is 8.27. The minimum atomic E-state index is -0.820. The second-order valence-electron chi connectivity index (χ2n) is 4.00. The summed E-state index contributed by atoms with van der Waals surface area (Å²) in [5, 5.41) is 18.0. The molecule has 0 saturated heterocycles. The average molecular weight is 239 g/mol. The zero-order chi connectivity index (χ0) is 12.5. The molecule has 0 amide bonds. The van der Waals surface area contributed by atoms with Crippen molar-refractivity contribution in [3.8, 4) is 0 Å². The van der Waals surface area contributed by atoms with Gasteiger partial charge in [0.15, 0.2) is 0 Å². The lowest BCUT2D eigenvalue weighted by Crippen LogP contribution is -2.21. The second-order valence-corrected chi connectivity index (χ2v) is 4.00.